The average Bonchev–Trinajstić information content (AvgIpc) is 2.55. The van der Waals surface area contributed by atoms with Gasteiger partial charge in [-0.1, -0.05) is 36.4 Å². The van der Waals surface area contributed by atoms with Crippen molar-refractivity contribution in [1.29, 1.82) is 0 Å². The van der Waals surface area contributed by atoms with E-state index in [0.29, 0.717) is 13.1 Å². The number of amides is 1. The Labute approximate surface area is 145 Å². The molecule has 0 fully saturated rings. The number of hydrogen-bond acceptors (Lipinski definition) is 3. The molecule has 0 unspecified atom stereocenters. The van der Waals surface area contributed by atoms with E-state index in [1.807, 2.05) is 50.3 Å². The van der Waals surface area contributed by atoms with Crippen LogP contribution in [-0.2, 0) is 17.9 Å². The molecule has 2 rings (SSSR count). The van der Waals surface area contributed by atoms with Gasteiger partial charge in [-0.15, -0.1) is 0 Å². The fourth-order valence-corrected chi connectivity index (χ4v) is 2.55. The third-order valence-corrected chi connectivity index (χ3v) is 4.06. The Bertz CT molecular complexity index is 665. The van der Waals surface area contributed by atoms with Gasteiger partial charge in [-0.2, -0.15) is 0 Å². The van der Waals surface area contributed by atoms with Crippen LogP contribution < -0.4 is 10.2 Å². The van der Waals surface area contributed by atoms with Crippen LogP contribution in [0.3, 0.4) is 0 Å². The number of benzene rings is 2. The first-order chi connectivity index (χ1) is 11.5. The molecule has 0 radical (unpaired) electrons. The highest BCUT2D eigenvalue weighted by Crippen LogP contribution is 2.12. The first kappa shape index (κ1) is 18.0. The van der Waals surface area contributed by atoms with Gasteiger partial charge in [-0.3, -0.25) is 9.69 Å². The van der Waals surface area contributed by atoms with Gasteiger partial charge in [0.2, 0.25) is 5.91 Å². The minimum Gasteiger partial charge on any atom is -0.378 e. The van der Waals surface area contributed by atoms with Crippen LogP contribution in [0.25, 0.3) is 0 Å². The molecule has 0 aliphatic heterocycles. The van der Waals surface area contributed by atoms with Crippen molar-refractivity contribution < 1.29 is 4.79 Å². The fourth-order valence-electron chi connectivity index (χ4n) is 2.55. The lowest BCUT2D eigenvalue weighted by molar-refractivity contribution is -0.122. The smallest absolute Gasteiger partial charge is 0.234 e. The largest absolute Gasteiger partial charge is 0.378 e. The molecule has 0 saturated carbocycles. The van der Waals surface area contributed by atoms with Crippen LogP contribution in [0.2, 0.25) is 0 Å². The molecular formula is C20H27N3O. The molecule has 0 spiro atoms. The number of carbonyl (C=O) groups excluding carboxylic acids is 1. The predicted octanol–water partition coefficient (Wildman–Crippen LogP) is 2.81. The summed E-state index contributed by atoms with van der Waals surface area (Å²) in [7, 11) is 6.00. The zero-order valence-corrected chi connectivity index (χ0v) is 15.0. The van der Waals surface area contributed by atoms with Crippen LogP contribution in [0, 0.1) is 6.92 Å². The Morgan fingerprint density at radius 1 is 1.00 bits per heavy atom. The van der Waals surface area contributed by atoms with Crippen molar-refractivity contribution in [3.63, 3.8) is 0 Å². The lowest BCUT2D eigenvalue weighted by atomic mass is 10.1. The van der Waals surface area contributed by atoms with Crippen LogP contribution in [0.4, 0.5) is 5.69 Å². The maximum absolute atomic E-state index is 12.1. The maximum Gasteiger partial charge on any atom is 0.234 e. The number of rotatable bonds is 7. The predicted molar refractivity (Wildman–Crippen MR) is 100 cm³/mol. The summed E-state index contributed by atoms with van der Waals surface area (Å²) in [5.74, 6) is 0.0442. The number of carbonyl (C=O) groups is 1. The highest BCUT2D eigenvalue weighted by molar-refractivity contribution is 5.78. The third-order valence-electron chi connectivity index (χ3n) is 4.06. The second-order valence-electron chi connectivity index (χ2n) is 6.44. The number of hydrogen-bond donors (Lipinski definition) is 1. The van der Waals surface area contributed by atoms with Crippen molar-refractivity contribution in [3.05, 3.63) is 65.2 Å². The first-order valence-electron chi connectivity index (χ1n) is 8.21. The lowest BCUT2D eigenvalue weighted by Crippen LogP contribution is -2.34. The Hall–Kier alpha value is -2.33. The summed E-state index contributed by atoms with van der Waals surface area (Å²) in [4.78, 5) is 16.2. The molecule has 0 aliphatic rings. The number of nitrogens with one attached hydrogen (secondary N) is 1. The van der Waals surface area contributed by atoms with Gasteiger partial charge in [0.05, 0.1) is 6.54 Å². The Kier molecular flexibility index (Phi) is 6.38. The van der Waals surface area contributed by atoms with Crippen molar-refractivity contribution in [2.24, 2.45) is 0 Å². The molecule has 24 heavy (non-hydrogen) atoms. The van der Waals surface area contributed by atoms with Crippen LogP contribution in [0.5, 0.6) is 0 Å². The van der Waals surface area contributed by atoms with Crippen molar-refractivity contribution in [2.75, 3.05) is 32.6 Å². The summed E-state index contributed by atoms with van der Waals surface area (Å²) in [5.41, 5.74) is 4.77. The van der Waals surface area contributed by atoms with Crippen LogP contribution in [0.15, 0.2) is 48.5 Å². The van der Waals surface area contributed by atoms with Gasteiger partial charge in [-0.25, -0.2) is 0 Å². The summed E-state index contributed by atoms with van der Waals surface area (Å²) < 4.78 is 0. The zero-order valence-electron chi connectivity index (χ0n) is 15.0. The summed E-state index contributed by atoms with van der Waals surface area (Å²) in [5, 5.41) is 2.98. The van der Waals surface area contributed by atoms with Gasteiger partial charge in [0.15, 0.2) is 0 Å². The second-order valence-corrected chi connectivity index (χ2v) is 6.44. The fraction of sp³-hybridized carbons (Fsp3) is 0.350. The van der Waals surface area contributed by atoms with Crippen LogP contribution in [-0.4, -0.2) is 38.5 Å². The molecule has 0 saturated heterocycles. The number of aryl methyl sites for hydroxylation is 1. The third kappa shape index (κ3) is 5.39. The van der Waals surface area contributed by atoms with Crippen LogP contribution in [0.1, 0.15) is 16.7 Å². The maximum atomic E-state index is 12.1. The highest BCUT2D eigenvalue weighted by atomic mass is 16.2. The van der Waals surface area contributed by atoms with Crippen LogP contribution >= 0.6 is 0 Å². The van der Waals surface area contributed by atoms with Gasteiger partial charge in [0.1, 0.15) is 0 Å². The van der Waals surface area contributed by atoms with Crippen molar-refractivity contribution in [1.82, 2.24) is 10.2 Å². The molecule has 0 aromatic heterocycles. The van der Waals surface area contributed by atoms with E-state index in [4.69, 9.17) is 0 Å². The summed E-state index contributed by atoms with van der Waals surface area (Å²) in [6, 6.07) is 16.5. The minimum atomic E-state index is 0.0442. The summed E-state index contributed by atoms with van der Waals surface area (Å²) in [6.07, 6.45) is 0. The molecule has 128 valence electrons. The van der Waals surface area contributed by atoms with E-state index < -0.39 is 0 Å². The van der Waals surface area contributed by atoms with Gasteiger partial charge in [-0.05, 0) is 42.8 Å². The van der Waals surface area contributed by atoms with Crippen molar-refractivity contribution >= 4 is 11.6 Å². The molecule has 0 heterocycles. The minimum absolute atomic E-state index is 0.0442. The molecule has 1 amide bonds. The zero-order chi connectivity index (χ0) is 17.5. The molecular weight excluding hydrogens is 298 g/mol. The molecule has 0 aliphatic carbocycles. The van der Waals surface area contributed by atoms with E-state index >= 15 is 0 Å². The summed E-state index contributed by atoms with van der Waals surface area (Å²) >= 11 is 0. The van der Waals surface area contributed by atoms with E-state index in [0.717, 1.165) is 17.8 Å². The molecule has 0 atom stereocenters. The molecule has 2 aromatic carbocycles. The van der Waals surface area contributed by atoms with Gasteiger partial charge >= 0.3 is 0 Å². The second kappa shape index (κ2) is 8.50. The topological polar surface area (TPSA) is 35.6 Å². The normalized spacial score (nSPS) is 10.7. The van der Waals surface area contributed by atoms with E-state index in [9.17, 15) is 4.79 Å². The van der Waals surface area contributed by atoms with Crippen molar-refractivity contribution in [2.45, 2.75) is 20.0 Å². The Morgan fingerprint density at radius 2 is 1.67 bits per heavy atom. The van der Waals surface area contributed by atoms with E-state index in [-0.39, 0.29) is 5.91 Å². The summed E-state index contributed by atoms with van der Waals surface area (Å²) in [6.45, 7) is 3.83. The number of anilines is 1. The molecule has 2 aromatic rings. The Balaban J connectivity index is 1.79. The van der Waals surface area contributed by atoms with E-state index in [2.05, 4.69) is 41.4 Å². The molecule has 4 nitrogen and oxygen atoms in total. The monoisotopic (exact) mass is 325 g/mol. The molecule has 1 N–H and O–H groups in total. The standard InChI is InChI=1S/C20H27N3O/c1-16-7-5-6-8-18(16)14-23(4)15-20(24)21-13-17-9-11-19(12-10-17)22(2)3/h5-12H,13-15H2,1-4H3,(H,21,24). The van der Waals surface area contributed by atoms with Gasteiger partial charge in [0.25, 0.3) is 0 Å². The quantitative estimate of drug-likeness (QED) is 0.850. The lowest BCUT2D eigenvalue weighted by Gasteiger charge is -2.18. The molecule has 4 heteroatoms. The van der Waals surface area contributed by atoms with Crippen molar-refractivity contribution in [3.8, 4) is 0 Å². The SMILES string of the molecule is Cc1ccccc1CN(C)CC(=O)NCc1ccc(N(C)C)cc1. The first-order valence-corrected chi connectivity index (χ1v) is 8.21. The van der Waals surface area contributed by atoms with Gasteiger partial charge in [0, 0.05) is 32.9 Å². The number of nitrogens with zero attached hydrogens (tertiary/aromatic N) is 2. The van der Waals surface area contributed by atoms with E-state index in [1.54, 1.807) is 0 Å². The average molecular weight is 325 g/mol. The molecule has 0 bridgehead atoms. The number of likely N-dealkylation sites (N-methyl/N-ethyl adjacent to an activating group) is 1. The Morgan fingerprint density at radius 3 is 2.29 bits per heavy atom. The highest BCUT2D eigenvalue weighted by Gasteiger charge is 2.08. The van der Waals surface area contributed by atoms with Gasteiger partial charge < -0.3 is 10.2 Å². The van der Waals surface area contributed by atoms with E-state index in [1.165, 1.54) is 11.1 Å².